The maximum atomic E-state index is 12.1. The molecule has 1 heterocycles. The summed E-state index contributed by atoms with van der Waals surface area (Å²) in [6.45, 7) is 0. The largest absolute Gasteiger partial charge is 0.504 e. The van der Waals surface area contributed by atoms with Gasteiger partial charge in [0, 0.05) is 21.3 Å². The number of methoxy groups -OCH3 is 1. The number of benzene rings is 2. The van der Waals surface area contributed by atoms with Crippen molar-refractivity contribution >= 4 is 39.2 Å². The standard InChI is InChI=1S/C16H12BrNO3/c1-21-15-8-12(17)9(7-14(15)19)6-11-10-4-2-3-5-13(10)18-16(11)20/h2-8,19H,1H3,(H,18,20)/b11-6-. The van der Waals surface area contributed by atoms with Crippen molar-refractivity contribution < 1.29 is 14.6 Å². The van der Waals surface area contributed by atoms with Crippen molar-refractivity contribution in [3.63, 3.8) is 0 Å². The summed E-state index contributed by atoms with van der Waals surface area (Å²) in [7, 11) is 1.49. The van der Waals surface area contributed by atoms with E-state index in [1.807, 2.05) is 24.3 Å². The molecule has 2 aromatic rings. The Morgan fingerprint density at radius 3 is 2.81 bits per heavy atom. The van der Waals surface area contributed by atoms with Gasteiger partial charge in [-0.2, -0.15) is 0 Å². The average molecular weight is 346 g/mol. The smallest absolute Gasteiger partial charge is 0.256 e. The molecule has 4 nitrogen and oxygen atoms in total. The first-order chi connectivity index (χ1) is 10.1. The summed E-state index contributed by atoms with van der Waals surface area (Å²) in [6, 6.07) is 10.7. The molecule has 1 aliphatic heterocycles. The molecule has 2 aromatic carbocycles. The molecule has 1 aliphatic rings. The van der Waals surface area contributed by atoms with Crippen molar-refractivity contribution in [2.24, 2.45) is 0 Å². The van der Waals surface area contributed by atoms with Crippen LogP contribution in [0.2, 0.25) is 0 Å². The molecule has 5 heteroatoms. The summed E-state index contributed by atoms with van der Waals surface area (Å²) in [5, 5.41) is 12.7. The maximum absolute atomic E-state index is 12.1. The zero-order valence-electron chi connectivity index (χ0n) is 11.2. The fraction of sp³-hybridized carbons (Fsp3) is 0.0625. The van der Waals surface area contributed by atoms with E-state index in [1.54, 1.807) is 18.2 Å². The molecule has 3 rings (SSSR count). The number of aromatic hydroxyl groups is 1. The quantitative estimate of drug-likeness (QED) is 0.816. The van der Waals surface area contributed by atoms with Crippen LogP contribution in [0.15, 0.2) is 40.9 Å². The molecule has 0 fully saturated rings. The number of fused-ring (bicyclic) bond motifs is 1. The highest BCUT2D eigenvalue weighted by atomic mass is 79.9. The first kappa shape index (κ1) is 13.7. The van der Waals surface area contributed by atoms with E-state index in [-0.39, 0.29) is 11.7 Å². The molecule has 0 atom stereocenters. The van der Waals surface area contributed by atoms with Gasteiger partial charge in [-0.05, 0) is 29.8 Å². The van der Waals surface area contributed by atoms with E-state index in [0.29, 0.717) is 16.9 Å². The van der Waals surface area contributed by atoms with E-state index in [2.05, 4.69) is 21.2 Å². The number of phenols is 1. The topological polar surface area (TPSA) is 58.6 Å². The van der Waals surface area contributed by atoms with E-state index in [4.69, 9.17) is 4.74 Å². The second kappa shape index (κ2) is 5.26. The van der Waals surface area contributed by atoms with E-state index in [9.17, 15) is 9.90 Å². The average Bonchev–Trinajstić information content (AvgIpc) is 2.78. The lowest BCUT2D eigenvalue weighted by Crippen LogP contribution is -2.03. The van der Waals surface area contributed by atoms with Crippen molar-refractivity contribution in [2.75, 3.05) is 12.4 Å². The summed E-state index contributed by atoms with van der Waals surface area (Å²) in [5.41, 5.74) is 2.92. The maximum Gasteiger partial charge on any atom is 0.256 e. The highest BCUT2D eigenvalue weighted by Gasteiger charge is 2.23. The van der Waals surface area contributed by atoms with Crippen LogP contribution in [0.25, 0.3) is 11.6 Å². The van der Waals surface area contributed by atoms with Crippen molar-refractivity contribution in [1.82, 2.24) is 0 Å². The van der Waals surface area contributed by atoms with Gasteiger partial charge in [-0.3, -0.25) is 4.79 Å². The van der Waals surface area contributed by atoms with Gasteiger partial charge in [0.2, 0.25) is 0 Å². The Morgan fingerprint density at radius 1 is 1.29 bits per heavy atom. The third-order valence-corrected chi connectivity index (χ3v) is 3.99. The van der Waals surface area contributed by atoms with E-state index in [0.717, 1.165) is 15.7 Å². The molecule has 0 saturated carbocycles. The molecule has 21 heavy (non-hydrogen) atoms. The normalized spacial score (nSPS) is 15.0. The zero-order valence-corrected chi connectivity index (χ0v) is 12.8. The molecule has 0 aliphatic carbocycles. The van der Waals surface area contributed by atoms with Gasteiger partial charge in [0.05, 0.1) is 7.11 Å². The number of rotatable bonds is 2. The Bertz CT molecular complexity index is 768. The number of hydrogen-bond donors (Lipinski definition) is 2. The predicted molar refractivity (Wildman–Crippen MR) is 85.3 cm³/mol. The van der Waals surface area contributed by atoms with Crippen LogP contribution in [0.1, 0.15) is 11.1 Å². The van der Waals surface area contributed by atoms with Gasteiger partial charge in [0.15, 0.2) is 11.5 Å². The Morgan fingerprint density at radius 2 is 2.05 bits per heavy atom. The molecule has 0 spiro atoms. The molecule has 0 saturated heterocycles. The number of amides is 1. The molecule has 0 aromatic heterocycles. The summed E-state index contributed by atoms with van der Waals surface area (Å²) < 4.78 is 5.79. The number of ether oxygens (including phenoxy) is 1. The van der Waals surface area contributed by atoms with Gasteiger partial charge in [-0.25, -0.2) is 0 Å². The van der Waals surface area contributed by atoms with Crippen LogP contribution in [-0.4, -0.2) is 18.1 Å². The number of anilines is 1. The molecule has 0 bridgehead atoms. The highest BCUT2D eigenvalue weighted by Crippen LogP contribution is 2.37. The van der Waals surface area contributed by atoms with Gasteiger partial charge in [0.25, 0.3) is 5.91 Å². The van der Waals surface area contributed by atoms with Crippen LogP contribution in [0.4, 0.5) is 5.69 Å². The van der Waals surface area contributed by atoms with Crippen molar-refractivity contribution in [1.29, 1.82) is 0 Å². The Hall–Kier alpha value is -2.27. The number of carbonyl (C=O) groups is 1. The predicted octanol–water partition coefficient (Wildman–Crippen LogP) is 3.66. The fourth-order valence-electron chi connectivity index (χ4n) is 2.27. The monoisotopic (exact) mass is 345 g/mol. The Labute approximate surface area is 130 Å². The second-order valence-corrected chi connectivity index (χ2v) is 5.46. The minimum atomic E-state index is -0.154. The van der Waals surface area contributed by atoms with Crippen LogP contribution in [0.5, 0.6) is 11.5 Å². The number of hydrogen-bond acceptors (Lipinski definition) is 3. The first-order valence-corrected chi connectivity index (χ1v) is 7.08. The van der Waals surface area contributed by atoms with Gasteiger partial charge < -0.3 is 15.2 Å². The number of para-hydroxylation sites is 1. The van der Waals surface area contributed by atoms with Crippen LogP contribution < -0.4 is 10.1 Å². The number of phenolic OH excluding ortho intramolecular Hbond substituents is 1. The lowest BCUT2D eigenvalue weighted by molar-refractivity contribution is -0.110. The minimum absolute atomic E-state index is 0.0271. The molecular weight excluding hydrogens is 334 g/mol. The second-order valence-electron chi connectivity index (χ2n) is 4.60. The lowest BCUT2D eigenvalue weighted by atomic mass is 10.0. The van der Waals surface area contributed by atoms with E-state index < -0.39 is 0 Å². The number of halogens is 1. The van der Waals surface area contributed by atoms with Gasteiger partial charge >= 0.3 is 0 Å². The van der Waals surface area contributed by atoms with Crippen molar-refractivity contribution in [3.05, 3.63) is 52.0 Å². The number of carbonyl (C=O) groups excluding carboxylic acids is 1. The zero-order chi connectivity index (χ0) is 15.0. The van der Waals surface area contributed by atoms with E-state index in [1.165, 1.54) is 7.11 Å². The first-order valence-electron chi connectivity index (χ1n) is 6.29. The summed E-state index contributed by atoms with van der Waals surface area (Å²) >= 11 is 3.42. The lowest BCUT2D eigenvalue weighted by Gasteiger charge is -2.07. The van der Waals surface area contributed by atoms with Gasteiger partial charge in [0.1, 0.15) is 0 Å². The highest BCUT2D eigenvalue weighted by molar-refractivity contribution is 9.10. The Balaban J connectivity index is 2.11. The summed E-state index contributed by atoms with van der Waals surface area (Å²) in [6.07, 6.45) is 1.74. The number of nitrogens with one attached hydrogen (secondary N) is 1. The van der Waals surface area contributed by atoms with Crippen molar-refractivity contribution in [3.8, 4) is 11.5 Å². The molecule has 2 N–H and O–H groups in total. The molecular formula is C16H12BrNO3. The molecule has 1 amide bonds. The van der Waals surface area contributed by atoms with Crippen LogP contribution in [0.3, 0.4) is 0 Å². The van der Waals surface area contributed by atoms with E-state index >= 15 is 0 Å². The molecule has 0 unspecified atom stereocenters. The molecule has 106 valence electrons. The van der Waals surface area contributed by atoms with Crippen molar-refractivity contribution in [2.45, 2.75) is 0 Å². The minimum Gasteiger partial charge on any atom is -0.504 e. The Kier molecular flexibility index (Phi) is 3.43. The molecule has 0 radical (unpaired) electrons. The third-order valence-electron chi connectivity index (χ3n) is 3.31. The summed E-state index contributed by atoms with van der Waals surface area (Å²) in [5.74, 6) is 0.248. The van der Waals surface area contributed by atoms with Gasteiger partial charge in [-0.15, -0.1) is 0 Å². The van der Waals surface area contributed by atoms with Crippen LogP contribution >= 0.6 is 15.9 Å². The SMILES string of the molecule is COc1cc(Br)c(/C=C2\C(=O)Nc3ccccc32)cc1O. The van der Waals surface area contributed by atoms with Crippen LogP contribution in [-0.2, 0) is 4.79 Å². The summed E-state index contributed by atoms with van der Waals surface area (Å²) in [4.78, 5) is 12.1. The fourth-order valence-corrected chi connectivity index (χ4v) is 2.71. The van der Waals surface area contributed by atoms with Crippen LogP contribution in [0, 0.1) is 0 Å². The third kappa shape index (κ3) is 2.40. The van der Waals surface area contributed by atoms with Gasteiger partial charge in [-0.1, -0.05) is 34.1 Å².